The summed E-state index contributed by atoms with van der Waals surface area (Å²) < 4.78 is 13.8. The maximum atomic E-state index is 11.8. The van der Waals surface area contributed by atoms with Crippen molar-refractivity contribution in [2.24, 2.45) is 0 Å². The van der Waals surface area contributed by atoms with Crippen molar-refractivity contribution in [2.45, 2.75) is 19.0 Å². The zero-order chi connectivity index (χ0) is 7.78. The van der Waals surface area contributed by atoms with Crippen LogP contribution >= 0.6 is 18.9 Å². The Hall–Kier alpha value is 0.480. The van der Waals surface area contributed by atoms with Gasteiger partial charge in [-0.25, -0.2) is 0 Å². The molecule has 2 unspecified atom stereocenters. The van der Waals surface area contributed by atoms with Gasteiger partial charge in [-0.05, 0) is 13.5 Å². The van der Waals surface area contributed by atoms with Crippen LogP contribution in [0.5, 0.6) is 0 Å². The van der Waals surface area contributed by atoms with Gasteiger partial charge in [0.2, 0.25) is 0 Å². The lowest BCUT2D eigenvalue weighted by Crippen LogP contribution is -2.10. The monoisotopic (exact) mass is 181 g/mol. The van der Waals surface area contributed by atoms with Gasteiger partial charge in [0.15, 0.2) is 7.29 Å². The van der Waals surface area contributed by atoms with Gasteiger partial charge in [-0.15, -0.1) is 11.6 Å². The molecule has 1 saturated heterocycles. The number of nitrogens with zero attached hydrogens (tertiary/aromatic N) is 1. The fourth-order valence-electron chi connectivity index (χ4n) is 1.29. The number of alkyl halides is 1. The molecule has 0 bridgehead atoms. The fourth-order valence-corrected chi connectivity index (χ4v) is 4.61. The first kappa shape index (κ1) is 8.58. The molecule has 1 aliphatic heterocycles. The molecule has 0 radical (unpaired) electrons. The summed E-state index contributed by atoms with van der Waals surface area (Å²) in [5, 5.41) is 0. The first-order chi connectivity index (χ1) is 4.61. The highest BCUT2D eigenvalue weighted by Gasteiger charge is 2.38. The standard InChI is InChI=1S/C6H13ClNOP/c1-6-3-4-8(2)10(6,9)5-7/h6H,3-5H2,1-2H3. The van der Waals surface area contributed by atoms with Gasteiger partial charge in [0.25, 0.3) is 0 Å². The minimum Gasteiger partial charge on any atom is -0.305 e. The Morgan fingerprint density at radius 1 is 1.80 bits per heavy atom. The van der Waals surface area contributed by atoms with Crippen molar-refractivity contribution in [1.29, 1.82) is 0 Å². The van der Waals surface area contributed by atoms with E-state index in [2.05, 4.69) is 0 Å². The molecule has 10 heavy (non-hydrogen) atoms. The molecule has 1 aliphatic rings. The summed E-state index contributed by atoms with van der Waals surface area (Å²) in [6.07, 6.45) is 1.03. The van der Waals surface area contributed by atoms with E-state index in [4.69, 9.17) is 11.6 Å². The maximum absolute atomic E-state index is 11.8. The van der Waals surface area contributed by atoms with Crippen LogP contribution in [0.15, 0.2) is 0 Å². The van der Waals surface area contributed by atoms with E-state index in [0.717, 1.165) is 13.0 Å². The molecule has 0 aliphatic carbocycles. The Bertz CT molecular complexity index is 159. The number of hydrogen-bond acceptors (Lipinski definition) is 1. The maximum Gasteiger partial charge on any atom is 0.167 e. The zero-order valence-corrected chi connectivity index (χ0v) is 8.03. The van der Waals surface area contributed by atoms with Crippen molar-refractivity contribution in [3.05, 3.63) is 0 Å². The largest absolute Gasteiger partial charge is 0.305 e. The summed E-state index contributed by atoms with van der Waals surface area (Å²) in [7, 11) is -0.239. The highest BCUT2D eigenvalue weighted by atomic mass is 35.5. The second kappa shape index (κ2) is 2.84. The van der Waals surface area contributed by atoms with Crippen LogP contribution in [-0.2, 0) is 4.57 Å². The molecular formula is C6H13ClNOP. The highest BCUT2D eigenvalue weighted by molar-refractivity contribution is 7.64. The molecule has 4 heteroatoms. The van der Waals surface area contributed by atoms with Gasteiger partial charge >= 0.3 is 0 Å². The normalized spacial score (nSPS) is 42.5. The molecule has 0 spiro atoms. The van der Waals surface area contributed by atoms with Crippen LogP contribution in [0.2, 0.25) is 0 Å². The molecule has 0 aromatic rings. The van der Waals surface area contributed by atoms with E-state index in [1.165, 1.54) is 0 Å². The summed E-state index contributed by atoms with van der Waals surface area (Å²) in [6, 6.07) is 0. The summed E-state index contributed by atoms with van der Waals surface area (Å²) >= 11 is 5.63. The fraction of sp³-hybridized carbons (Fsp3) is 1.00. The Balaban J connectivity index is 2.80. The molecule has 1 fully saturated rings. The van der Waals surface area contributed by atoms with E-state index < -0.39 is 7.29 Å². The lowest BCUT2D eigenvalue weighted by Gasteiger charge is -2.20. The molecule has 2 nitrogen and oxygen atoms in total. The van der Waals surface area contributed by atoms with Crippen molar-refractivity contribution in [2.75, 3.05) is 19.2 Å². The Morgan fingerprint density at radius 3 is 2.60 bits per heavy atom. The lowest BCUT2D eigenvalue weighted by molar-refractivity contribution is 0.506. The van der Waals surface area contributed by atoms with E-state index in [-0.39, 0.29) is 0 Å². The second-order valence-corrected chi connectivity index (χ2v) is 6.93. The van der Waals surface area contributed by atoms with Crippen molar-refractivity contribution in [1.82, 2.24) is 4.67 Å². The third-order valence-electron chi connectivity index (χ3n) is 2.31. The number of hydrogen-bond donors (Lipinski definition) is 0. The minimum atomic E-state index is -2.13. The average Bonchev–Trinajstić information content (AvgIpc) is 2.18. The molecule has 0 aromatic carbocycles. The van der Waals surface area contributed by atoms with Gasteiger partial charge in [-0.1, -0.05) is 6.92 Å². The topological polar surface area (TPSA) is 20.3 Å². The van der Waals surface area contributed by atoms with Gasteiger partial charge in [-0.3, -0.25) is 4.67 Å². The Morgan fingerprint density at radius 2 is 2.40 bits per heavy atom. The van der Waals surface area contributed by atoms with E-state index in [0.29, 0.717) is 11.3 Å². The van der Waals surface area contributed by atoms with Gasteiger partial charge < -0.3 is 4.57 Å². The van der Waals surface area contributed by atoms with E-state index in [1.54, 1.807) is 0 Å². The van der Waals surface area contributed by atoms with E-state index in [1.807, 2.05) is 18.6 Å². The van der Waals surface area contributed by atoms with Crippen molar-refractivity contribution < 1.29 is 4.57 Å². The van der Waals surface area contributed by atoms with Gasteiger partial charge in [0.1, 0.15) is 0 Å². The minimum absolute atomic E-state index is 0.301. The molecule has 2 atom stereocenters. The molecule has 1 heterocycles. The van der Waals surface area contributed by atoms with Gasteiger partial charge in [0.05, 0.1) is 5.62 Å². The smallest absolute Gasteiger partial charge is 0.167 e. The first-order valence-electron chi connectivity index (χ1n) is 3.47. The zero-order valence-electron chi connectivity index (χ0n) is 6.38. The van der Waals surface area contributed by atoms with E-state index in [9.17, 15) is 4.57 Å². The summed E-state index contributed by atoms with van der Waals surface area (Å²) in [5.41, 5.74) is 0.611. The molecule has 0 aromatic heterocycles. The number of halogens is 1. The molecule has 0 N–H and O–H groups in total. The van der Waals surface area contributed by atoms with E-state index >= 15 is 0 Å². The Kier molecular flexibility index (Phi) is 2.44. The quantitative estimate of drug-likeness (QED) is 0.457. The molecule has 60 valence electrons. The number of rotatable bonds is 1. The SMILES string of the molecule is CC1CCN(C)P1(=O)CCl. The molecular weight excluding hydrogens is 168 g/mol. The van der Waals surface area contributed by atoms with Crippen LogP contribution in [0.4, 0.5) is 0 Å². The van der Waals surface area contributed by atoms with Crippen LogP contribution in [0, 0.1) is 0 Å². The third kappa shape index (κ3) is 1.13. The van der Waals surface area contributed by atoms with Crippen LogP contribution < -0.4 is 0 Å². The van der Waals surface area contributed by atoms with Gasteiger partial charge in [-0.2, -0.15) is 0 Å². The molecule has 1 rings (SSSR count). The molecule has 0 saturated carbocycles. The molecule has 0 amide bonds. The average molecular weight is 182 g/mol. The summed E-state index contributed by atoms with van der Waals surface area (Å²) in [5.74, 6) is 0. The first-order valence-corrected chi connectivity index (χ1v) is 5.92. The van der Waals surface area contributed by atoms with Crippen LogP contribution in [-0.4, -0.2) is 29.5 Å². The third-order valence-corrected chi connectivity index (χ3v) is 6.67. The van der Waals surface area contributed by atoms with Crippen LogP contribution in [0.1, 0.15) is 13.3 Å². The van der Waals surface area contributed by atoms with Crippen LogP contribution in [0.3, 0.4) is 0 Å². The highest BCUT2D eigenvalue weighted by Crippen LogP contribution is 2.59. The van der Waals surface area contributed by atoms with Crippen LogP contribution in [0.25, 0.3) is 0 Å². The second-order valence-electron chi connectivity index (χ2n) is 2.89. The van der Waals surface area contributed by atoms with Gasteiger partial charge in [0, 0.05) is 12.2 Å². The summed E-state index contributed by atoms with van der Waals surface area (Å²) in [6.45, 7) is 2.96. The predicted molar refractivity (Wildman–Crippen MR) is 45.0 cm³/mol. The van der Waals surface area contributed by atoms with Crippen molar-refractivity contribution in [3.63, 3.8) is 0 Å². The Labute approximate surface area is 67.0 Å². The van der Waals surface area contributed by atoms with Crippen molar-refractivity contribution >= 4 is 18.9 Å². The van der Waals surface area contributed by atoms with Crippen molar-refractivity contribution in [3.8, 4) is 0 Å². The lowest BCUT2D eigenvalue weighted by atomic mass is 10.3. The summed E-state index contributed by atoms with van der Waals surface area (Å²) in [4.78, 5) is 0. The predicted octanol–water partition coefficient (Wildman–Crippen LogP) is 2.18.